The molecule has 0 aromatic carbocycles. The fraction of sp³-hybridized carbons (Fsp3) is 1.00. The van der Waals surface area contributed by atoms with Crippen molar-refractivity contribution < 1.29 is 0 Å². The number of rotatable bonds is 2. The first-order valence-electron chi connectivity index (χ1n) is 3.81. The summed E-state index contributed by atoms with van der Waals surface area (Å²) < 4.78 is 0. The third-order valence-electron chi connectivity index (χ3n) is 0.558. The largest absolute Gasteiger partial charge is 0.333 e. The lowest BCUT2D eigenvalue weighted by Crippen LogP contribution is -1.95. The molecule has 0 fully saturated rings. The summed E-state index contributed by atoms with van der Waals surface area (Å²) in [5.74, 6) is 0. The molecule has 0 spiro atoms. The monoisotopic (exact) mass is 149 g/mol. The molecule has 0 bridgehead atoms. The molecule has 0 radical (unpaired) electrons. The highest BCUT2D eigenvalue weighted by Gasteiger charge is 1.67. The van der Waals surface area contributed by atoms with Crippen molar-refractivity contribution in [1.29, 1.82) is 0 Å². The summed E-state index contributed by atoms with van der Waals surface area (Å²) >= 11 is 0. The van der Waals surface area contributed by atoms with Crippen molar-refractivity contribution in [1.82, 2.24) is 0 Å². The second kappa shape index (κ2) is 36.6. The molecule has 0 heterocycles. The van der Waals surface area contributed by atoms with Gasteiger partial charge in [-0.2, -0.15) is 0 Å². The van der Waals surface area contributed by atoms with Gasteiger partial charge in [-0.05, 0) is 26.6 Å². The first-order chi connectivity index (χ1) is 4.83. The van der Waals surface area contributed by atoms with Crippen LogP contribution in [0.5, 0.6) is 0 Å². The minimum absolute atomic E-state index is 0.750. The Labute approximate surface area is 65.0 Å². The van der Waals surface area contributed by atoms with Crippen LogP contribution in [0.15, 0.2) is 0 Å². The summed E-state index contributed by atoms with van der Waals surface area (Å²) in [7, 11) is 1.50. The van der Waals surface area contributed by atoms with Gasteiger partial charge in [-0.1, -0.05) is 20.3 Å². The van der Waals surface area contributed by atoms with Crippen LogP contribution >= 0.6 is 0 Å². The summed E-state index contributed by atoms with van der Waals surface area (Å²) in [6, 6.07) is 0. The molecule has 3 heteroatoms. The average molecular weight is 149 g/mol. The Morgan fingerprint density at radius 3 is 1.30 bits per heavy atom. The van der Waals surface area contributed by atoms with Crippen LogP contribution in [0.1, 0.15) is 26.7 Å². The van der Waals surface area contributed by atoms with Crippen molar-refractivity contribution in [2.45, 2.75) is 26.7 Å². The van der Waals surface area contributed by atoms with Crippen molar-refractivity contribution >= 4 is 0 Å². The standard InChI is InChI=1S/C4H11N.C2H7N.CH5N/c1-2-3-4-5;1-2-3;1-2/h2-5H2,1H3;2-3H2,1H3;2H2,1H3. The Balaban J connectivity index is -0.0000000847. The molecule has 0 amide bonds. The SMILES string of the molecule is CCCCN.CCN.CN. The van der Waals surface area contributed by atoms with Crippen LogP contribution in [0.2, 0.25) is 0 Å². The predicted molar refractivity (Wildman–Crippen MR) is 48.8 cm³/mol. The van der Waals surface area contributed by atoms with E-state index in [1.165, 1.54) is 19.9 Å². The second-order valence-electron chi connectivity index (χ2n) is 1.55. The van der Waals surface area contributed by atoms with Gasteiger partial charge >= 0.3 is 0 Å². The number of nitrogens with two attached hydrogens (primary N) is 3. The van der Waals surface area contributed by atoms with Gasteiger partial charge < -0.3 is 17.2 Å². The Morgan fingerprint density at radius 2 is 1.30 bits per heavy atom. The summed E-state index contributed by atoms with van der Waals surface area (Å²) in [6.07, 6.45) is 2.39. The Hall–Kier alpha value is -0.120. The lowest BCUT2D eigenvalue weighted by Gasteiger charge is -1.80. The molecule has 10 heavy (non-hydrogen) atoms. The molecule has 0 aliphatic heterocycles. The molecule has 6 N–H and O–H groups in total. The number of hydrogen-bond donors (Lipinski definition) is 3. The second-order valence-corrected chi connectivity index (χ2v) is 1.55. The van der Waals surface area contributed by atoms with E-state index in [4.69, 9.17) is 11.5 Å². The average Bonchev–Trinajstić information content (AvgIpc) is 1.96. The topological polar surface area (TPSA) is 78.1 Å². The molecule has 3 nitrogen and oxygen atoms in total. The van der Waals surface area contributed by atoms with Crippen LogP contribution in [-0.2, 0) is 0 Å². The minimum Gasteiger partial charge on any atom is -0.333 e. The van der Waals surface area contributed by atoms with Crippen molar-refractivity contribution in [3.8, 4) is 0 Å². The van der Waals surface area contributed by atoms with E-state index in [1.807, 2.05) is 6.92 Å². The van der Waals surface area contributed by atoms with Crippen LogP contribution in [0.25, 0.3) is 0 Å². The number of unbranched alkanes of at least 4 members (excludes halogenated alkanes) is 1. The van der Waals surface area contributed by atoms with E-state index in [0.29, 0.717) is 0 Å². The van der Waals surface area contributed by atoms with E-state index < -0.39 is 0 Å². The fourth-order valence-electron chi connectivity index (χ4n) is 0.204. The summed E-state index contributed by atoms with van der Waals surface area (Å²) in [5.41, 5.74) is 14.5. The van der Waals surface area contributed by atoms with Gasteiger partial charge in [0.15, 0.2) is 0 Å². The van der Waals surface area contributed by atoms with Gasteiger partial charge in [-0.3, -0.25) is 0 Å². The first-order valence-corrected chi connectivity index (χ1v) is 3.81. The molecule has 0 aliphatic rings. The highest BCUT2D eigenvalue weighted by molar-refractivity contribution is 4.29. The van der Waals surface area contributed by atoms with E-state index in [9.17, 15) is 0 Å². The normalized spacial score (nSPS) is 6.60. The van der Waals surface area contributed by atoms with Crippen molar-refractivity contribution in [2.24, 2.45) is 17.2 Å². The molecule has 0 saturated heterocycles. The number of hydrogen-bond acceptors (Lipinski definition) is 3. The maximum Gasteiger partial charge on any atom is -0.00774 e. The zero-order valence-corrected chi connectivity index (χ0v) is 7.56. The summed E-state index contributed by atoms with van der Waals surface area (Å²) in [5, 5.41) is 0. The minimum atomic E-state index is 0.750. The zero-order valence-electron chi connectivity index (χ0n) is 7.56. The van der Waals surface area contributed by atoms with Crippen LogP contribution in [-0.4, -0.2) is 20.1 Å². The smallest absolute Gasteiger partial charge is 0.00774 e. The van der Waals surface area contributed by atoms with Crippen molar-refractivity contribution in [3.05, 3.63) is 0 Å². The van der Waals surface area contributed by atoms with E-state index in [0.717, 1.165) is 13.1 Å². The quantitative estimate of drug-likeness (QED) is 0.528. The molecule has 0 aliphatic carbocycles. The van der Waals surface area contributed by atoms with Crippen LogP contribution < -0.4 is 17.2 Å². The lowest BCUT2D eigenvalue weighted by atomic mass is 10.3. The Kier molecular flexibility index (Phi) is 60.3. The summed E-state index contributed by atoms with van der Waals surface area (Å²) in [4.78, 5) is 0. The molecule has 66 valence electrons. The molecular weight excluding hydrogens is 126 g/mol. The molecule has 0 atom stereocenters. The van der Waals surface area contributed by atoms with E-state index in [-0.39, 0.29) is 0 Å². The first kappa shape index (κ1) is 16.5. The maximum absolute atomic E-state index is 5.14. The molecule has 0 aromatic rings. The third kappa shape index (κ3) is 106. The molecule has 0 rings (SSSR count). The highest BCUT2D eigenvalue weighted by atomic mass is 14.5. The third-order valence-corrected chi connectivity index (χ3v) is 0.558. The molecule has 0 unspecified atom stereocenters. The fourth-order valence-corrected chi connectivity index (χ4v) is 0.204. The predicted octanol–water partition coefficient (Wildman–Crippen LogP) is 0.285. The van der Waals surface area contributed by atoms with Crippen LogP contribution in [0, 0.1) is 0 Å². The van der Waals surface area contributed by atoms with Crippen molar-refractivity contribution in [2.75, 3.05) is 20.1 Å². The lowest BCUT2D eigenvalue weighted by molar-refractivity contribution is 0.807. The zero-order chi connectivity index (χ0) is 8.83. The molecular formula is C7H23N3. The van der Waals surface area contributed by atoms with E-state index in [2.05, 4.69) is 12.7 Å². The molecule has 0 saturated carbocycles. The van der Waals surface area contributed by atoms with Crippen molar-refractivity contribution in [3.63, 3.8) is 0 Å². The summed E-state index contributed by atoms with van der Waals surface area (Å²) in [6.45, 7) is 5.63. The van der Waals surface area contributed by atoms with Gasteiger partial charge in [-0.25, -0.2) is 0 Å². The van der Waals surface area contributed by atoms with E-state index >= 15 is 0 Å². The van der Waals surface area contributed by atoms with Gasteiger partial charge in [0.1, 0.15) is 0 Å². The Morgan fingerprint density at radius 1 is 1.00 bits per heavy atom. The van der Waals surface area contributed by atoms with Crippen LogP contribution in [0.3, 0.4) is 0 Å². The van der Waals surface area contributed by atoms with Gasteiger partial charge in [0.25, 0.3) is 0 Å². The van der Waals surface area contributed by atoms with Gasteiger partial charge in [0, 0.05) is 0 Å². The van der Waals surface area contributed by atoms with Gasteiger partial charge in [0.05, 0.1) is 0 Å². The Bertz CT molecular complexity index is 22.8. The van der Waals surface area contributed by atoms with E-state index in [1.54, 1.807) is 0 Å². The van der Waals surface area contributed by atoms with Gasteiger partial charge in [-0.15, -0.1) is 0 Å². The maximum atomic E-state index is 5.14. The van der Waals surface area contributed by atoms with Gasteiger partial charge in [0.2, 0.25) is 0 Å². The van der Waals surface area contributed by atoms with Crippen LogP contribution in [0.4, 0.5) is 0 Å². The highest BCUT2D eigenvalue weighted by Crippen LogP contribution is 1.77. The molecule has 0 aromatic heterocycles.